The molecule has 1 heteroatoms. The summed E-state index contributed by atoms with van der Waals surface area (Å²) in [7, 11) is 0. The van der Waals surface area contributed by atoms with Crippen molar-refractivity contribution in [2.24, 2.45) is 0 Å². The van der Waals surface area contributed by atoms with Gasteiger partial charge < -0.3 is 5.11 Å². The molecule has 0 aliphatic carbocycles. The highest BCUT2D eigenvalue weighted by molar-refractivity contribution is 5.67. The smallest absolute Gasteiger partial charge is 0.100 e. The highest BCUT2D eigenvalue weighted by atomic mass is 16.3. The first-order valence-corrected chi connectivity index (χ1v) is 6.16. The zero-order chi connectivity index (χ0) is 13.0. The Balaban J connectivity index is 2.33. The van der Waals surface area contributed by atoms with Crippen LogP contribution in [0.1, 0.15) is 31.1 Å². The molecule has 0 bridgehead atoms. The van der Waals surface area contributed by atoms with Crippen molar-refractivity contribution < 1.29 is 5.11 Å². The van der Waals surface area contributed by atoms with Gasteiger partial charge in [0.25, 0.3) is 0 Å². The Labute approximate surface area is 108 Å². The summed E-state index contributed by atoms with van der Waals surface area (Å²) < 4.78 is 0. The molecule has 0 aliphatic heterocycles. The van der Waals surface area contributed by atoms with E-state index in [1.54, 1.807) is 0 Å². The molecular weight excluding hydrogens is 220 g/mol. The lowest BCUT2D eigenvalue weighted by Crippen LogP contribution is -2.00. The molecule has 1 atom stereocenters. The van der Waals surface area contributed by atoms with Gasteiger partial charge in [0.2, 0.25) is 0 Å². The van der Waals surface area contributed by atoms with E-state index in [2.05, 4.69) is 19.1 Å². The van der Waals surface area contributed by atoms with Crippen LogP contribution < -0.4 is 0 Å². The molecule has 2 rings (SSSR count). The predicted molar refractivity (Wildman–Crippen MR) is 76.1 cm³/mol. The second-order valence-electron chi connectivity index (χ2n) is 4.49. The number of benzene rings is 2. The van der Waals surface area contributed by atoms with Gasteiger partial charge in [0.15, 0.2) is 0 Å². The van der Waals surface area contributed by atoms with Gasteiger partial charge in [0.1, 0.15) is 6.10 Å². The van der Waals surface area contributed by atoms with Gasteiger partial charge in [-0.25, -0.2) is 0 Å². The standard InChI is InChI=1S/C17H18O/c1-13(15-9-5-3-6-10-15)14(2)17(18)16-11-7-4-8-12-16/h3-12,17-18H,1-2H3/b14-13+/t17-/m1/s1. The fraction of sp³-hybridized carbons (Fsp3) is 0.176. The molecule has 0 unspecified atom stereocenters. The van der Waals surface area contributed by atoms with Crippen LogP contribution in [0.25, 0.3) is 5.57 Å². The third kappa shape index (κ3) is 2.69. The summed E-state index contributed by atoms with van der Waals surface area (Å²) in [4.78, 5) is 0. The van der Waals surface area contributed by atoms with Gasteiger partial charge in [-0.2, -0.15) is 0 Å². The van der Waals surface area contributed by atoms with E-state index in [1.807, 2.05) is 55.5 Å². The molecule has 0 fully saturated rings. The van der Waals surface area contributed by atoms with Gasteiger partial charge in [-0.1, -0.05) is 60.7 Å². The maximum atomic E-state index is 10.4. The van der Waals surface area contributed by atoms with Crippen molar-refractivity contribution in [2.75, 3.05) is 0 Å². The molecule has 0 amide bonds. The molecular formula is C17H18O. The van der Waals surface area contributed by atoms with E-state index in [0.29, 0.717) is 0 Å². The first kappa shape index (κ1) is 12.6. The summed E-state index contributed by atoms with van der Waals surface area (Å²) in [6.45, 7) is 4.04. The highest BCUT2D eigenvalue weighted by Crippen LogP contribution is 2.28. The summed E-state index contributed by atoms with van der Waals surface area (Å²) in [5.74, 6) is 0. The van der Waals surface area contributed by atoms with E-state index < -0.39 is 6.10 Å². The van der Waals surface area contributed by atoms with Crippen molar-refractivity contribution in [2.45, 2.75) is 20.0 Å². The predicted octanol–water partition coefficient (Wildman–Crippen LogP) is 4.21. The Bertz CT molecular complexity index is 526. The van der Waals surface area contributed by atoms with Crippen LogP contribution in [-0.2, 0) is 0 Å². The number of aliphatic hydroxyl groups excluding tert-OH is 1. The minimum absolute atomic E-state index is 0.536. The minimum atomic E-state index is -0.536. The molecule has 0 saturated heterocycles. The molecule has 0 aliphatic rings. The molecule has 1 nitrogen and oxygen atoms in total. The van der Waals surface area contributed by atoms with Crippen LogP contribution in [0.5, 0.6) is 0 Å². The minimum Gasteiger partial charge on any atom is -0.384 e. The van der Waals surface area contributed by atoms with E-state index in [0.717, 1.165) is 22.3 Å². The second-order valence-corrected chi connectivity index (χ2v) is 4.49. The molecule has 1 N–H and O–H groups in total. The molecule has 2 aromatic carbocycles. The molecule has 0 radical (unpaired) electrons. The van der Waals surface area contributed by atoms with Crippen molar-refractivity contribution in [1.29, 1.82) is 0 Å². The zero-order valence-electron chi connectivity index (χ0n) is 10.8. The SMILES string of the molecule is C/C(=C(/C)[C@@H](O)c1ccccc1)c1ccccc1. The normalized spacial score (nSPS) is 13.9. The maximum absolute atomic E-state index is 10.4. The van der Waals surface area contributed by atoms with Gasteiger partial charge in [0, 0.05) is 0 Å². The van der Waals surface area contributed by atoms with E-state index >= 15 is 0 Å². The van der Waals surface area contributed by atoms with Crippen molar-refractivity contribution in [3.05, 3.63) is 77.4 Å². The molecule has 0 spiro atoms. The average molecular weight is 238 g/mol. The third-order valence-electron chi connectivity index (χ3n) is 3.32. The molecule has 2 aromatic rings. The third-order valence-corrected chi connectivity index (χ3v) is 3.32. The number of hydrogen-bond donors (Lipinski definition) is 1. The first-order chi connectivity index (χ1) is 8.70. The van der Waals surface area contributed by atoms with Crippen molar-refractivity contribution >= 4 is 5.57 Å². The summed E-state index contributed by atoms with van der Waals surface area (Å²) >= 11 is 0. The summed E-state index contributed by atoms with van der Waals surface area (Å²) in [5.41, 5.74) is 4.22. The van der Waals surface area contributed by atoms with Gasteiger partial charge in [0.05, 0.1) is 0 Å². The summed E-state index contributed by atoms with van der Waals surface area (Å²) in [5, 5.41) is 10.4. The van der Waals surface area contributed by atoms with Crippen LogP contribution in [0.3, 0.4) is 0 Å². The Kier molecular flexibility index (Phi) is 3.96. The number of hydrogen-bond acceptors (Lipinski definition) is 1. The second kappa shape index (κ2) is 5.65. The number of aliphatic hydroxyl groups is 1. The summed E-state index contributed by atoms with van der Waals surface area (Å²) in [6.07, 6.45) is -0.536. The first-order valence-electron chi connectivity index (χ1n) is 6.16. The van der Waals surface area contributed by atoms with Crippen LogP contribution in [0.4, 0.5) is 0 Å². The van der Waals surface area contributed by atoms with Crippen LogP contribution >= 0.6 is 0 Å². The van der Waals surface area contributed by atoms with Gasteiger partial charge in [-0.15, -0.1) is 0 Å². The zero-order valence-corrected chi connectivity index (χ0v) is 10.8. The van der Waals surface area contributed by atoms with E-state index in [4.69, 9.17) is 0 Å². The monoisotopic (exact) mass is 238 g/mol. The van der Waals surface area contributed by atoms with E-state index in [1.165, 1.54) is 0 Å². The quantitative estimate of drug-likeness (QED) is 0.849. The van der Waals surface area contributed by atoms with Gasteiger partial charge in [-0.05, 0) is 36.1 Å². The maximum Gasteiger partial charge on any atom is 0.100 e. The van der Waals surface area contributed by atoms with Crippen molar-refractivity contribution in [3.63, 3.8) is 0 Å². The van der Waals surface area contributed by atoms with E-state index in [-0.39, 0.29) is 0 Å². The lowest BCUT2D eigenvalue weighted by molar-refractivity contribution is 0.216. The Hall–Kier alpha value is -1.86. The lowest BCUT2D eigenvalue weighted by Gasteiger charge is -2.15. The number of allylic oxidation sites excluding steroid dienone is 1. The number of rotatable bonds is 3. The molecule has 0 saturated carbocycles. The fourth-order valence-corrected chi connectivity index (χ4v) is 2.01. The van der Waals surface area contributed by atoms with Gasteiger partial charge in [-0.3, -0.25) is 0 Å². The molecule has 0 heterocycles. The Morgan fingerprint density at radius 1 is 0.833 bits per heavy atom. The Morgan fingerprint density at radius 2 is 1.33 bits per heavy atom. The highest BCUT2D eigenvalue weighted by Gasteiger charge is 2.12. The van der Waals surface area contributed by atoms with Crippen LogP contribution in [-0.4, -0.2) is 5.11 Å². The molecule has 18 heavy (non-hydrogen) atoms. The van der Waals surface area contributed by atoms with Crippen molar-refractivity contribution in [3.8, 4) is 0 Å². The van der Waals surface area contributed by atoms with Crippen LogP contribution in [0.15, 0.2) is 66.2 Å². The topological polar surface area (TPSA) is 20.2 Å². The van der Waals surface area contributed by atoms with Crippen LogP contribution in [0.2, 0.25) is 0 Å². The Morgan fingerprint density at radius 3 is 1.89 bits per heavy atom. The molecule has 92 valence electrons. The fourth-order valence-electron chi connectivity index (χ4n) is 2.01. The summed E-state index contributed by atoms with van der Waals surface area (Å²) in [6, 6.07) is 19.9. The van der Waals surface area contributed by atoms with Gasteiger partial charge >= 0.3 is 0 Å². The molecule has 0 aromatic heterocycles. The van der Waals surface area contributed by atoms with E-state index in [9.17, 15) is 5.11 Å². The van der Waals surface area contributed by atoms with Crippen LogP contribution in [0, 0.1) is 0 Å². The average Bonchev–Trinajstić information content (AvgIpc) is 2.47. The lowest BCUT2D eigenvalue weighted by atomic mass is 9.95. The van der Waals surface area contributed by atoms with Crippen molar-refractivity contribution in [1.82, 2.24) is 0 Å². The largest absolute Gasteiger partial charge is 0.384 e.